The van der Waals surface area contributed by atoms with Crippen LogP contribution >= 0.6 is 0 Å². The first kappa shape index (κ1) is 12.0. The Hall–Kier alpha value is -0.0800. The van der Waals surface area contributed by atoms with Crippen LogP contribution in [0.1, 0.15) is 52.9 Å². The van der Waals surface area contributed by atoms with Crippen LogP contribution in [0.15, 0.2) is 0 Å². The topological polar surface area (TPSA) is 32.3 Å². The summed E-state index contributed by atoms with van der Waals surface area (Å²) in [7, 11) is 0. The number of nitrogens with one attached hydrogen (secondary N) is 1. The van der Waals surface area contributed by atoms with Crippen molar-refractivity contribution in [3.05, 3.63) is 0 Å². The predicted molar refractivity (Wildman–Crippen MR) is 60.3 cm³/mol. The highest BCUT2D eigenvalue weighted by atomic mass is 16.3. The zero-order valence-electron chi connectivity index (χ0n) is 9.79. The molecular weight excluding hydrogens is 174 g/mol. The Labute approximate surface area is 88.1 Å². The second kappa shape index (κ2) is 5.72. The van der Waals surface area contributed by atoms with Crippen LogP contribution in [-0.4, -0.2) is 23.3 Å². The summed E-state index contributed by atoms with van der Waals surface area (Å²) in [5.74, 6) is 0.698. The van der Waals surface area contributed by atoms with Crippen LogP contribution in [-0.2, 0) is 0 Å². The van der Waals surface area contributed by atoms with E-state index in [1.807, 2.05) is 0 Å². The predicted octanol–water partition coefficient (Wildman–Crippen LogP) is 2.31. The third-order valence-electron chi connectivity index (χ3n) is 3.70. The summed E-state index contributed by atoms with van der Waals surface area (Å²) < 4.78 is 0. The monoisotopic (exact) mass is 199 g/mol. The quantitative estimate of drug-likeness (QED) is 0.728. The zero-order chi connectivity index (χ0) is 10.6. The van der Waals surface area contributed by atoms with Crippen molar-refractivity contribution in [1.29, 1.82) is 0 Å². The smallest absolute Gasteiger partial charge is 0.0693 e. The van der Waals surface area contributed by atoms with Gasteiger partial charge in [0.05, 0.1) is 6.10 Å². The lowest BCUT2D eigenvalue weighted by Gasteiger charge is -2.33. The molecule has 0 unspecified atom stereocenters. The van der Waals surface area contributed by atoms with Gasteiger partial charge < -0.3 is 10.4 Å². The Bertz CT molecular complexity index is 160. The first-order chi connectivity index (χ1) is 6.65. The normalized spacial score (nSPS) is 32.6. The summed E-state index contributed by atoms with van der Waals surface area (Å²) in [4.78, 5) is 0. The lowest BCUT2D eigenvalue weighted by Crippen LogP contribution is -2.47. The van der Waals surface area contributed by atoms with Crippen molar-refractivity contribution in [3.8, 4) is 0 Å². The van der Waals surface area contributed by atoms with Gasteiger partial charge in [0.1, 0.15) is 0 Å². The molecule has 0 aromatic rings. The number of hydrogen-bond acceptors (Lipinski definition) is 2. The maximum absolute atomic E-state index is 9.81. The van der Waals surface area contributed by atoms with E-state index in [2.05, 4.69) is 26.1 Å². The molecule has 84 valence electrons. The summed E-state index contributed by atoms with van der Waals surface area (Å²) in [5.41, 5.74) is 0. The largest absolute Gasteiger partial charge is 0.392 e. The molecule has 0 aliphatic heterocycles. The molecule has 2 heteroatoms. The fourth-order valence-corrected chi connectivity index (χ4v) is 2.16. The van der Waals surface area contributed by atoms with E-state index in [1.54, 1.807) is 0 Å². The molecule has 0 bridgehead atoms. The van der Waals surface area contributed by atoms with E-state index < -0.39 is 0 Å². The molecule has 14 heavy (non-hydrogen) atoms. The fraction of sp³-hybridized carbons (Fsp3) is 1.00. The highest BCUT2D eigenvalue weighted by molar-refractivity contribution is 4.83. The van der Waals surface area contributed by atoms with E-state index in [-0.39, 0.29) is 6.10 Å². The molecule has 1 aliphatic rings. The lowest BCUT2D eigenvalue weighted by atomic mass is 9.90. The molecule has 2 N–H and O–H groups in total. The highest BCUT2D eigenvalue weighted by Crippen LogP contribution is 2.20. The van der Waals surface area contributed by atoms with Gasteiger partial charge in [-0.05, 0) is 25.7 Å². The van der Waals surface area contributed by atoms with Crippen LogP contribution in [0, 0.1) is 5.92 Å². The van der Waals surface area contributed by atoms with Gasteiger partial charge in [-0.2, -0.15) is 0 Å². The van der Waals surface area contributed by atoms with Crippen LogP contribution in [0.3, 0.4) is 0 Å². The van der Waals surface area contributed by atoms with Crippen LogP contribution in [0.2, 0.25) is 0 Å². The van der Waals surface area contributed by atoms with Gasteiger partial charge in [-0.25, -0.2) is 0 Å². The molecule has 0 amide bonds. The lowest BCUT2D eigenvalue weighted by molar-refractivity contribution is 0.0817. The van der Waals surface area contributed by atoms with E-state index in [0.29, 0.717) is 18.0 Å². The summed E-state index contributed by atoms with van der Waals surface area (Å²) in [6, 6.07) is 0.866. The van der Waals surface area contributed by atoms with E-state index in [0.717, 1.165) is 12.8 Å². The van der Waals surface area contributed by atoms with Gasteiger partial charge in [-0.1, -0.05) is 33.1 Å². The van der Waals surface area contributed by atoms with Crippen LogP contribution in [0.5, 0.6) is 0 Å². The van der Waals surface area contributed by atoms with E-state index in [9.17, 15) is 5.11 Å². The number of aliphatic hydroxyl groups is 1. The molecule has 0 spiro atoms. The Morgan fingerprint density at radius 1 is 1.29 bits per heavy atom. The summed E-state index contributed by atoms with van der Waals surface area (Å²) >= 11 is 0. The van der Waals surface area contributed by atoms with Crippen molar-refractivity contribution in [2.75, 3.05) is 0 Å². The minimum Gasteiger partial charge on any atom is -0.392 e. The summed E-state index contributed by atoms with van der Waals surface area (Å²) in [6.07, 6.45) is 5.67. The Balaban J connectivity index is 2.34. The average Bonchev–Trinajstić information content (AvgIpc) is 2.20. The molecular formula is C12H25NO. The molecule has 2 nitrogen and oxygen atoms in total. The highest BCUT2D eigenvalue weighted by Gasteiger charge is 2.25. The molecule has 0 aromatic heterocycles. The zero-order valence-corrected chi connectivity index (χ0v) is 9.79. The van der Waals surface area contributed by atoms with Crippen LogP contribution < -0.4 is 5.32 Å². The molecule has 1 rings (SSSR count). The third kappa shape index (κ3) is 3.25. The molecule has 0 aromatic carbocycles. The van der Waals surface area contributed by atoms with Crippen molar-refractivity contribution in [3.63, 3.8) is 0 Å². The van der Waals surface area contributed by atoms with Crippen molar-refractivity contribution in [1.82, 2.24) is 5.32 Å². The Kier molecular flexibility index (Phi) is 4.90. The van der Waals surface area contributed by atoms with Crippen molar-refractivity contribution in [2.45, 2.75) is 71.1 Å². The molecule has 1 saturated carbocycles. The minimum atomic E-state index is -0.116. The van der Waals surface area contributed by atoms with Crippen molar-refractivity contribution < 1.29 is 5.11 Å². The Morgan fingerprint density at radius 2 is 1.93 bits per heavy atom. The summed E-state index contributed by atoms with van der Waals surface area (Å²) in [5, 5.41) is 13.4. The van der Waals surface area contributed by atoms with Crippen molar-refractivity contribution in [2.24, 2.45) is 5.92 Å². The molecule has 1 aliphatic carbocycles. The van der Waals surface area contributed by atoms with E-state index in [1.165, 1.54) is 19.3 Å². The average molecular weight is 199 g/mol. The Morgan fingerprint density at radius 3 is 2.50 bits per heavy atom. The fourth-order valence-electron chi connectivity index (χ4n) is 2.16. The SMILES string of the molecule is CC[C@H](C)[C@H](C)N[C@H]1CCCC[C@H]1O. The second-order valence-electron chi connectivity index (χ2n) is 4.80. The van der Waals surface area contributed by atoms with Crippen molar-refractivity contribution >= 4 is 0 Å². The first-order valence-corrected chi connectivity index (χ1v) is 6.09. The van der Waals surface area contributed by atoms with Crippen LogP contribution in [0.25, 0.3) is 0 Å². The van der Waals surface area contributed by atoms with Gasteiger partial charge >= 0.3 is 0 Å². The van der Waals surface area contributed by atoms with E-state index in [4.69, 9.17) is 0 Å². The molecule has 0 radical (unpaired) electrons. The summed E-state index contributed by atoms with van der Waals surface area (Å²) in [6.45, 7) is 6.72. The van der Waals surface area contributed by atoms with Gasteiger partial charge in [-0.3, -0.25) is 0 Å². The number of aliphatic hydroxyl groups excluding tert-OH is 1. The number of rotatable bonds is 4. The van der Waals surface area contributed by atoms with Crippen LogP contribution in [0.4, 0.5) is 0 Å². The minimum absolute atomic E-state index is 0.116. The first-order valence-electron chi connectivity index (χ1n) is 6.09. The van der Waals surface area contributed by atoms with Gasteiger partial charge in [0.15, 0.2) is 0 Å². The third-order valence-corrected chi connectivity index (χ3v) is 3.70. The second-order valence-corrected chi connectivity index (χ2v) is 4.80. The molecule has 0 saturated heterocycles. The van der Waals surface area contributed by atoms with Gasteiger partial charge in [-0.15, -0.1) is 0 Å². The standard InChI is InChI=1S/C12H25NO/c1-4-9(2)10(3)13-11-7-5-6-8-12(11)14/h9-14H,4-8H2,1-3H3/t9-,10-,11-,12+/m0/s1. The molecule has 1 fully saturated rings. The van der Waals surface area contributed by atoms with Gasteiger partial charge in [0.2, 0.25) is 0 Å². The van der Waals surface area contributed by atoms with Gasteiger partial charge in [0.25, 0.3) is 0 Å². The van der Waals surface area contributed by atoms with E-state index >= 15 is 0 Å². The maximum Gasteiger partial charge on any atom is 0.0693 e. The molecule has 4 atom stereocenters. The number of hydrogen-bond donors (Lipinski definition) is 2. The van der Waals surface area contributed by atoms with Gasteiger partial charge in [0, 0.05) is 12.1 Å². The molecule has 0 heterocycles. The maximum atomic E-state index is 9.81.